The van der Waals surface area contributed by atoms with Crippen molar-refractivity contribution in [1.29, 1.82) is 0 Å². The zero-order chi connectivity index (χ0) is 9.68. The Labute approximate surface area is 77.9 Å². The SMILES string of the molecule is CNCc1cnc(OC)cc1OC. The topological polar surface area (TPSA) is 43.4 Å². The van der Waals surface area contributed by atoms with Crippen LogP contribution in [0.4, 0.5) is 0 Å². The molecule has 1 aromatic heterocycles. The predicted molar refractivity (Wildman–Crippen MR) is 50.1 cm³/mol. The van der Waals surface area contributed by atoms with E-state index >= 15 is 0 Å². The predicted octanol–water partition coefficient (Wildman–Crippen LogP) is 0.818. The summed E-state index contributed by atoms with van der Waals surface area (Å²) in [7, 11) is 5.09. The molecule has 1 rings (SSSR count). The summed E-state index contributed by atoms with van der Waals surface area (Å²) in [4.78, 5) is 4.08. The molecule has 0 radical (unpaired) electrons. The Bertz CT molecular complexity index is 276. The van der Waals surface area contributed by atoms with Gasteiger partial charge < -0.3 is 14.8 Å². The summed E-state index contributed by atoms with van der Waals surface area (Å²) in [6.45, 7) is 0.736. The molecule has 0 spiro atoms. The normalized spacial score (nSPS) is 9.77. The van der Waals surface area contributed by atoms with E-state index in [0.717, 1.165) is 17.9 Å². The van der Waals surface area contributed by atoms with Gasteiger partial charge in [0.1, 0.15) is 5.75 Å². The Kier molecular flexibility index (Phi) is 3.52. The van der Waals surface area contributed by atoms with E-state index in [1.54, 1.807) is 26.5 Å². The van der Waals surface area contributed by atoms with Crippen molar-refractivity contribution in [3.8, 4) is 11.6 Å². The van der Waals surface area contributed by atoms with Gasteiger partial charge in [0.2, 0.25) is 5.88 Å². The second kappa shape index (κ2) is 4.67. The Balaban J connectivity index is 2.93. The molecular weight excluding hydrogens is 168 g/mol. The number of pyridine rings is 1. The number of methoxy groups -OCH3 is 2. The summed E-state index contributed by atoms with van der Waals surface area (Å²) in [5, 5.41) is 3.04. The Morgan fingerprint density at radius 1 is 1.38 bits per heavy atom. The van der Waals surface area contributed by atoms with E-state index in [9.17, 15) is 0 Å². The van der Waals surface area contributed by atoms with Crippen molar-refractivity contribution < 1.29 is 9.47 Å². The van der Waals surface area contributed by atoms with Gasteiger partial charge in [0.15, 0.2) is 0 Å². The second-order valence-corrected chi connectivity index (χ2v) is 2.57. The second-order valence-electron chi connectivity index (χ2n) is 2.57. The van der Waals surface area contributed by atoms with Crippen LogP contribution >= 0.6 is 0 Å². The van der Waals surface area contributed by atoms with Crippen LogP contribution in [0.5, 0.6) is 11.6 Å². The van der Waals surface area contributed by atoms with Gasteiger partial charge in [-0.15, -0.1) is 0 Å². The van der Waals surface area contributed by atoms with Gasteiger partial charge in [-0.3, -0.25) is 0 Å². The van der Waals surface area contributed by atoms with Crippen molar-refractivity contribution in [1.82, 2.24) is 10.3 Å². The van der Waals surface area contributed by atoms with Gasteiger partial charge >= 0.3 is 0 Å². The van der Waals surface area contributed by atoms with Crippen molar-refractivity contribution in [3.63, 3.8) is 0 Å². The number of hydrogen-bond acceptors (Lipinski definition) is 4. The third-order valence-corrected chi connectivity index (χ3v) is 1.71. The van der Waals surface area contributed by atoms with Crippen molar-refractivity contribution >= 4 is 0 Å². The molecule has 1 heterocycles. The maximum atomic E-state index is 5.18. The van der Waals surface area contributed by atoms with Crippen LogP contribution < -0.4 is 14.8 Å². The van der Waals surface area contributed by atoms with Crippen LogP contribution in [0, 0.1) is 0 Å². The molecule has 72 valence electrons. The summed E-state index contributed by atoms with van der Waals surface area (Å²) in [5.41, 5.74) is 1.02. The van der Waals surface area contributed by atoms with Gasteiger partial charge in [0.25, 0.3) is 0 Å². The van der Waals surface area contributed by atoms with Gasteiger partial charge in [-0.25, -0.2) is 4.98 Å². The fraction of sp³-hybridized carbons (Fsp3) is 0.444. The standard InChI is InChI=1S/C9H14N2O2/c1-10-5-7-6-11-9(13-3)4-8(7)12-2/h4,6,10H,5H2,1-3H3. The third-order valence-electron chi connectivity index (χ3n) is 1.71. The van der Waals surface area contributed by atoms with Crippen LogP contribution in [0.15, 0.2) is 12.3 Å². The van der Waals surface area contributed by atoms with E-state index in [0.29, 0.717) is 5.88 Å². The lowest BCUT2D eigenvalue weighted by atomic mass is 10.2. The highest BCUT2D eigenvalue weighted by Crippen LogP contribution is 2.21. The molecule has 4 heteroatoms. The van der Waals surface area contributed by atoms with E-state index in [2.05, 4.69) is 10.3 Å². The Hall–Kier alpha value is -1.29. The lowest BCUT2D eigenvalue weighted by molar-refractivity contribution is 0.379. The first-order valence-electron chi connectivity index (χ1n) is 4.03. The van der Waals surface area contributed by atoms with Crippen LogP contribution in [0.1, 0.15) is 5.56 Å². The maximum Gasteiger partial charge on any atom is 0.216 e. The highest BCUT2D eigenvalue weighted by molar-refractivity contribution is 5.35. The van der Waals surface area contributed by atoms with Gasteiger partial charge in [-0.1, -0.05) is 0 Å². The molecule has 0 bridgehead atoms. The molecule has 0 aliphatic heterocycles. The summed E-state index contributed by atoms with van der Waals surface area (Å²) in [6.07, 6.45) is 1.74. The van der Waals surface area contributed by atoms with E-state index in [1.807, 2.05) is 7.05 Å². The highest BCUT2D eigenvalue weighted by atomic mass is 16.5. The minimum absolute atomic E-state index is 0.566. The summed E-state index contributed by atoms with van der Waals surface area (Å²) >= 11 is 0. The molecule has 0 saturated heterocycles. The molecule has 0 aromatic carbocycles. The van der Waals surface area contributed by atoms with Crippen LogP contribution in [-0.2, 0) is 6.54 Å². The number of nitrogens with zero attached hydrogens (tertiary/aromatic N) is 1. The minimum atomic E-state index is 0.566. The number of rotatable bonds is 4. The first-order valence-corrected chi connectivity index (χ1v) is 4.03. The Morgan fingerprint density at radius 2 is 2.15 bits per heavy atom. The maximum absolute atomic E-state index is 5.18. The fourth-order valence-corrected chi connectivity index (χ4v) is 1.07. The van der Waals surface area contributed by atoms with Crippen LogP contribution in [0.3, 0.4) is 0 Å². The summed E-state index contributed by atoms with van der Waals surface area (Å²) < 4.78 is 10.2. The molecule has 1 aromatic rings. The Morgan fingerprint density at radius 3 is 2.69 bits per heavy atom. The third kappa shape index (κ3) is 2.32. The first kappa shape index (κ1) is 9.80. The first-order chi connectivity index (χ1) is 6.31. The monoisotopic (exact) mass is 182 g/mol. The van der Waals surface area contributed by atoms with Crippen LogP contribution in [0.25, 0.3) is 0 Å². The van der Waals surface area contributed by atoms with E-state index in [4.69, 9.17) is 9.47 Å². The number of ether oxygens (including phenoxy) is 2. The van der Waals surface area contributed by atoms with Crippen molar-refractivity contribution in [3.05, 3.63) is 17.8 Å². The molecule has 0 aliphatic carbocycles. The van der Waals surface area contributed by atoms with E-state index < -0.39 is 0 Å². The lowest BCUT2D eigenvalue weighted by Crippen LogP contribution is -2.07. The minimum Gasteiger partial charge on any atom is -0.496 e. The molecule has 0 fully saturated rings. The van der Waals surface area contributed by atoms with Gasteiger partial charge in [-0.05, 0) is 7.05 Å². The van der Waals surface area contributed by atoms with E-state index in [1.165, 1.54) is 0 Å². The lowest BCUT2D eigenvalue weighted by Gasteiger charge is -2.08. The molecule has 0 atom stereocenters. The number of nitrogens with one attached hydrogen (secondary N) is 1. The zero-order valence-corrected chi connectivity index (χ0v) is 8.13. The fourth-order valence-electron chi connectivity index (χ4n) is 1.07. The molecule has 1 N–H and O–H groups in total. The van der Waals surface area contributed by atoms with Gasteiger partial charge in [0, 0.05) is 24.4 Å². The number of aromatic nitrogens is 1. The largest absolute Gasteiger partial charge is 0.496 e. The summed E-state index contributed by atoms with van der Waals surface area (Å²) in [6, 6.07) is 1.77. The van der Waals surface area contributed by atoms with Gasteiger partial charge in [-0.2, -0.15) is 0 Å². The molecule has 0 saturated carbocycles. The van der Waals surface area contributed by atoms with Crippen molar-refractivity contribution in [2.75, 3.05) is 21.3 Å². The quantitative estimate of drug-likeness (QED) is 0.748. The molecule has 0 amide bonds. The highest BCUT2D eigenvalue weighted by Gasteiger charge is 2.04. The smallest absolute Gasteiger partial charge is 0.216 e. The average molecular weight is 182 g/mol. The van der Waals surface area contributed by atoms with E-state index in [-0.39, 0.29) is 0 Å². The van der Waals surface area contributed by atoms with Crippen LogP contribution in [0.2, 0.25) is 0 Å². The van der Waals surface area contributed by atoms with Crippen molar-refractivity contribution in [2.24, 2.45) is 0 Å². The zero-order valence-electron chi connectivity index (χ0n) is 8.13. The van der Waals surface area contributed by atoms with Gasteiger partial charge in [0.05, 0.1) is 14.2 Å². The summed E-state index contributed by atoms with van der Waals surface area (Å²) in [5.74, 6) is 1.36. The molecular formula is C9H14N2O2. The molecule has 4 nitrogen and oxygen atoms in total. The van der Waals surface area contributed by atoms with Crippen LogP contribution in [-0.4, -0.2) is 26.3 Å². The number of hydrogen-bond donors (Lipinski definition) is 1. The van der Waals surface area contributed by atoms with Crippen molar-refractivity contribution in [2.45, 2.75) is 6.54 Å². The molecule has 0 unspecified atom stereocenters. The molecule has 13 heavy (non-hydrogen) atoms. The average Bonchev–Trinajstić information content (AvgIpc) is 2.19. The molecule has 0 aliphatic rings.